The lowest BCUT2D eigenvalue weighted by Gasteiger charge is -2.37. The molecule has 1 saturated heterocycles. The SMILES string of the molecule is CCCCCN1CC[C@@H](CCOc2ccc(C(C)(C)C)cc2)[C@H](OC)C1. The van der Waals surface area contributed by atoms with Crippen LogP contribution in [0, 0.1) is 5.92 Å². The summed E-state index contributed by atoms with van der Waals surface area (Å²) in [5.41, 5.74) is 1.54. The molecule has 0 unspecified atom stereocenters. The van der Waals surface area contributed by atoms with E-state index in [2.05, 4.69) is 56.9 Å². The van der Waals surface area contributed by atoms with Gasteiger partial charge in [0.2, 0.25) is 0 Å². The fraction of sp³-hybridized carbons (Fsp3) is 0.739. The minimum Gasteiger partial charge on any atom is -0.494 e. The number of unbranched alkanes of at least 4 members (excludes halogenated alkanes) is 2. The number of hydrogen-bond acceptors (Lipinski definition) is 3. The molecule has 1 fully saturated rings. The Labute approximate surface area is 161 Å². The van der Waals surface area contributed by atoms with Crippen LogP contribution in [0.1, 0.15) is 65.4 Å². The Balaban J connectivity index is 1.75. The maximum atomic E-state index is 6.01. The molecule has 1 aromatic rings. The monoisotopic (exact) mass is 361 g/mol. The lowest BCUT2D eigenvalue weighted by molar-refractivity contribution is -0.0180. The third-order valence-corrected chi connectivity index (χ3v) is 5.64. The largest absolute Gasteiger partial charge is 0.494 e. The molecule has 0 aromatic heterocycles. The predicted octanol–water partition coefficient (Wildman–Crippen LogP) is 5.28. The van der Waals surface area contributed by atoms with Crippen LogP contribution in [0.5, 0.6) is 5.75 Å². The highest BCUT2D eigenvalue weighted by Crippen LogP contribution is 2.26. The minimum atomic E-state index is 0.190. The van der Waals surface area contributed by atoms with E-state index >= 15 is 0 Å². The van der Waals surface area contributed by atoms with Gasteiger partial charge in [-0.25, -0.2) is 0 Å². The average molecular weight is 362 g/mol. The molecule has 0 aliphatic carbocycles. The summed E-state index contributed by atoms with van der Waals surface area (Å²) >= 11 is 0. The van der Waals surface area contributed by atoms with E-state index in [1.807, 2.05) is 7.11 Å². The van der Waals surface area contributed by atoms with E-state index < -0.39 is 0 Å². The first-order valence-electron chi connectivity index (χ1n) is 10.4. The lowest BCUT2D eigenvalue weighted by Crippen LogP contribution is -2.45. The van der Waals surface area contributed by atoms with Crippen LogP contribution in [-0.2, 0) is 10.2 Å². The molecule has 26 heavy (non-hydrogen) atoms. The van der Waals surface area contributed by atoms with E-state index in [9.17, 15) is 0 Å². The molecule has 0 spiro atoms. The maximum Gasteiger partial charge on any atom is 0.119 e. The van der Waals surface area contributed by atoms with Gasteiger partial charge in [0.25, 0.3) is 0 Å². The molecule has 0 N–H and O–H groups in total. The summed E-state index contributed by atoms with van der Waals surface area (Å²) in [6, 6.07) is 8.57. The van der Waals surface area contributed by atoms with E-state index in [0.29, 0.717) is 12.0 Å². The van der Waals surface area contributed by atoms with Gasteiger partial charge in [0.05, 0.1) is 12.7 Å². The molecule has 0 saturated carbocycles. The molecule has 1 aliphatic heterocycles. The van der Waals surface area contributed by atoms with Crippen molar-refractivity contribution in [3.05, 3.63) is 29.8 Å². The Kier molecular flexibility index (Phi) is 8.43. The van der Waals surface area contributed by atoms with Gasteiger partial charge in [-0.2, -0.15) is 0 Å². The molecule has 2 rings (SSSR count). The zero-order chi connectivity index (χ0) is 19.0. The summed E-state index contributed by atoms with van der Waals surface area (Å²) in [5.74, 6) is 1.58. The number of likely N-dealkylation sites (tertiary alicyclic amines) is 1. The van der Waals surface area contributed by atoms with Crippen LogP contribution in [0.4, 0.5) is 0 Å². The van der Waals surface area contributed by atoms with Gasteiger partial charge in [0.15, 0.2) is 0 Å². The fourth-order valence-electron chi connectivity index (χ4n) is 3.79. The molecule has 1 heterocycles. The first-order chi connectivity index (χ1) is 12.4. The molecule has 3 heteroatoms. The van der Waals surface area contributed by atoms with Gasteiger partial charge in [-0.3, -0.25) is 0 Å². The van der Waals surface area contributed by atoms with Crippen molar-refractivity contribution in [2.24, 2.45) is 5.92 Å². The van der Waals surface area contributed by atoms with Crippen molar-refractivity contribution in [1.29, 1.82) is 0 Å². The van der Waals surface area contributed by atoms with Gasteiger partial charge in [-0.1, -0.05) is 52.7 Å². The Morgan fingerprint density at radius 1 is 1.12 bits per heavy atom. The second-order valence-corrected chi connectivity index (χ2v) is 8.74. The summed E-state index contributed by atoms with van der Waals surface area (Å²) in [6.45, 7) is 13.2. The number of methoxy groups -OCH3 is 1. The third-order valence-electron chi connectivity index (χ3n) is 5.64. The maximum absolute atomic E-state index is 6.01. The summed E-state index contributed by atoms with van der Waals surface area (Å²) in [5, 5.41) is 0. The van der Waals surface area contributed by atoms with Crippen LogP contribution < -0.4 is 4.74 Å². The molecule has 1 aliphatic rings. The Morgan fingerprint density at radius 3 is 2.46 bits per heavy atom. The standard InChI is InChI=1S/C23H39NO2/c1-6-7-8-15-24-16-13-19(22(18-24)25-5)14-17-26-21-11-9-20(10-12-21)23(2,3)4/h9-12,19,22H,6-8,13-18H2,1-5H3/t19-,22+/m0/s1. The van der Waals surface area contributed by atoms with Crippen molar-refractivity contribution in [3.63, 3.8) is 0 Å². The summed E-state index contributed by atoms with van der Waals surface area (Å²) in [4.78, 5) is 2.58. The number of benzene rings is 1. The minimum absolute atomic E-state index is 0.190. The van der Waals surface area contributed by atoms with E-state index in [-0.39, 0.29) is 5.41 Å². The van der Waals surface area contributed by atoms with Crippen molar-refractivity contribution < 1.29 is 9.47 Å². The normalized spacial score (nSPS) is 21.7. The molecule has 0 radical (unpaired) electrons. The van der Waals surface area contributed by atoms with Crippen molar-refractivity contribution in [2.75, 3.05) is 33.4 Å². The smallest absolute Gasteiger partial charge is 0.119 e. The van der Waals surface area contributed by atoms with Crippen LogP contribution >= 0.6 is 0 Å². The number of rotatable bonds is 9. The Hall–Kier alpha value is -1.06. The van der Waals surface area contributed by atoms with Crippen LogP contribution in [0.2, 0.25) is 0 Å². The molecule has 0 amide bonds. The third kappa shape index (κ3) is 6.59. The molecule has 1 aromatic carbocycles. The first-order valence-corrected chi connectivity index (χ1v) is 10.4. The van der Waals surface area contributed by atoms with Gasteiger partial charge < -0.3 is 14.4 Å². The van der Waals surface area contributed by atoms with E-state index in [0.717, 1.165) is 25.3 Å². The highest BCUT2D eigenvalue weighted by atomic mass is 16.5. The zero-order valence-electron chi connectivity index (χ0n) is 17.6. The Morgan fingerprint density at radius 2 is 1.85 bits per heavy atom. The van der Waals surface area contributed by atoms with Crippen LogP contribution in [0.15, 0.2) is 24.3 Å². The highest BCUT2D eigenvalue weighted by molar-refractivity contribution is 5.31. The van der Waals surface area contributed by atoms with Gasteiger partial charge in [0.1, 0.15) is 5.75 Å². The van der Waals surface area contributed by atoms with Gasteiger partial charge in [0, 0.05) is 13.7 Å². The fourth-order valence-corrected chi connectivity index (χ4v) is 3.79. The number of piperidine rings is 1. The van der Waals surface area contributed by atoms with Gasteiger partial charge in [-0.15, -0.1) is 0 Å². The highest BCUT2D eigenvalue weighted by Gasteiger charge is 2.28. The van der Waals surface area contributed by atoms with Crippen LogP contribution in [0.3, 0.4) is 0 Å². The van der Waals surface area contributed by atoms with Crippen LogP contribution in [0.25, 0.3) is 0 Å². The molecule has 2 atom stereocenters. The van der Waals surface area contributed by atoms with Crippen molar-refractivity contribution >= 4 is 0 Å². The molecular formula is C23H39NO2. The van der Waals surface area contributed by atoms with Crippen molar-refractivity contribution in [1.82, 2.24) is 4.90 Å². The number of nitrogens with zero attached hydrogens (tertiary/aromatic N) is 1. The number of ether oxygens (including phenoxy) is 2. The van der Waals surface area contributed by atoms with Gasteiger partial charge >= 0.3 is 0 Å². The molecule has 0 bridgehead atoms. The number of hydrogen-bond donors (Lipinski definition) is 0. The second-order valence-electron chi connectivity index (χ2n) is 8.74. The zero-order valence-corrected chi connectivity index (χ0v) is 17.6. The predicted molar refractivity (Wildman–Crippen MR) is 110 cm³/mol. The summed E-state index contributed by atoms with van der Waals surface area (Å²) in [6.07, 6.45) is 6.57. The molecule has 148 valence electrons. The first kappa shape index (κ1) is 21.2. The molecule has 3 nitrogen and oxygen atoms in total. The van der Waals surface area contributed by atoms with E-state index in [1.165, 1.54) is 44.3 Å². The van der Waals surface area contributed by atoms with Gasteiger partial charge in [-0.05, 0) is 61.4 Å². The van der Waals surface area contributed by atoms with E-state index in [4.69, 9.17) is 9.47 Å². The second kappa shape index (κ2) is 10.3. The van der Waals surface area contributed by atoms with Crippen LogP contribution in [-0.4, -0.2) is 44.4 Å². The topological polar surface area (TPSA) is 21.7 Å². The lowest BCUT2D eigenvalue weighted by atomic mass is 9.87. The Bertz CT molecular complexity index is 506. The van der Waals surface area contributed by atoms with Crippen molar-refractivity contribution in [2.45, 2.75) is 71.3 Å². The quantitative estimate of drug-likeness (QED) is 0.559. The molecular weight excluding hydrogens is 322 g/mol. The van der Waals surface area contributed by atoms with E-state index in [1.54, 1.807) is 0 Å². The summed E-state index contributed by atoms with van der Waals surface area (Å²) in [7, 11) is 1.86. The average Bonchev–Trinajstić information content (AvgIpc) is 2.62. The summed E-state index contributed by atoms with van der Waals surface area (Å²) < 4.78 is 11.8. The van der Waals surface area contributed by atoms with Crippen molar-refractivity contribution in [3.8, 4) is 5.75 Å².